The second-order valence-electron chi connectivity index (χ2n) is 6.63. The fraction of sp³-hybridized carbons (Fsp3) is 0.0909. The molecule has 0 saturated carbocycles. The van der Waals surface area contributed by atoms with Gasteiger partial charge in [-0.1, -0.05) is 36.9 Å². The molecule has 2 aromatic heterocycles. The van der Waals surface area contributed by atoms with E-state index >= 15 is 0 Å². The quantitative estimate of drug-likeness (QED) is 0.501. The van der Waals surface area contributed by atoms with Crippen molar-refractivity contribution in [1.82, 2.24) is 25.1 Å². The lowest BCUT2D eigenvalue weighted by atomic mass is 10.1. The maximum atomic E-state index is 13.4. The van der Waals surface area contributed by atoms with Gasteiger partial charge in [0.1, 0.15) is 11.5 Å². The van der Waals surface area contributed by atoms with E-state index in [2.05, 4.69) is 26.7 Å². The molecular formula is C22H18FN5O. The van der Waals surface area contributed by atoms with E-state index in [1.54, 1.807) is 24.5 Å². The molecule has 0 saturated heterocycles. The Hall–Kier alpha value is -3.87. The van der Waals surface area contributed by atoms with Crippen LogP contribution in [0.3, 0.4) is 0 Å². The van der Waals surface area contributed by atoms with Gasteiger partial charge in [-0.05, 0) is 23.8 Å². The van der Waals surface area contributed by atoms with Gasteiger partial charge in [-0.25, -0.2) is 9.37 Å². The molecule has 2 aromatic carbocycles. The Kier molecular flexibility index (Phi) is 4.87. The van der Waals surface area contributed by atoms with Crippen LogP contribution in [-0.4, -0.2) is 39.2 Å². The number of hydrogen-bond donors (Lipinski definition) is 0. The minimum Gasteiger partial charge on any atom is -0.415 e. The largest absolute Gasteiger partial charge is 0.415 e. The first-order chi connectivity index (χ1) is 14.0. The van der Waals surface area contributed by atoms with Gasteiger partial charge in [-0.15, -0.1) is 10.2 Å². The first kappa shape index (κ1) is 18.5. The van der Waals surface area contributed by atoms with Crippen molar-refractivity contribution in [2.24, 2.45) is 0 Å². The molecule has 0 fully saturated rings. The van der Waals surface area contributed by atoms with Crippen LogP contribution >= 0.6 is 0 Å². The summed E-state index contributed by atoms with van der Waals surface area (Å²) < 4.78 is 19.1. The van der Waals surface area contributed by atoms with E-state index in [9.17, 15) is 4.39 Å². The molecule has 0 bridgehead atoms. The number of benzene rings is 2. The van der Waals surface area contributed by atoms with Crippen molar-refractivity contribution in [2.45, 2.75) is 0 Å². The molecule has 0 spiro atoms. The maximum absolute atomic E-state index is 13.4. The zero-order valence-electron chi connectivity index (χ0n) is 16.0. The van der Waals surface area contributed by atoms with Gasteiger partial charge in [0.05, 0.1) is 18.1 Å². The van der Waals surface area contributed by atoms with E-state index in [0.29, 0.717) is 17.0 Å². The standard InChI is InChI=1S/C22H18FN5O/c1-14(28(2)3)15-7-9-16(10-8-15)19-12-24-13-20(25-19)22-27-26-21(29-22)17-5-4-6-18(23)11-17/h4-13H,1H2,2-3H3. The molecule has 0 atom stereocenters. The van der Waals surface area contributed by atoms with Crippen LogP contribution < -0.4 is 0 Å². The van der Waals surface area contributed by atoms with Gasteiger partial charge in [0.2, 0.25) is 5.89 Å². The molecule has 4 aromatic rings. The summed E-state index contributed by atoms with van der Waals surface area (Å²) in [5.41, 5.74) is 4.48. The zero-order valence-corrected chi connectivity index (χ0v) is 16.0. The fourth-order valence-corrected chi connectivity index (χ4v) is 2.76. The van der Waals surface area contributed by atoms with E-state index in [1.165, 1.54) is 12.1 Å². The number of aromatic nitrogens is 4. The van der Waals surface area contributed by atoms with Crippen LogP contribution in [0.1, 0.15) is 5.56 Å². The van der Waals surface area contributed by atoms with Gasteiger partial charge < -0.3 is 9.32 Å². The summed E-state index contributed by atoms with van der Waals surface area (Å²) in [4.78, 5) is 10.8. The van der Waals surface area contributed by atoms with Crippen LogP contribution in [0.25, 0.3) is 40.0 Å². The van der Waals surface area contributed by atoms with E-state index < -0.39 is 0 Å². The minimum absolute atomic E-state index is 0.219. The van der Waals surface area contributed by atoms with Crippen molar-refractivity contribution in [2.75, 3.05) is 14.1 Å². The first-order valence-electron chi connectivity index (χ1n) is 8.90. The molecule has 0 aliphatic rings. The molecule has 0 N–H and O–H groups in total. The van der Waals surface area contributed by atoms with Crippen molar-refractivity contribution < 1.29 is 8.81 Å². The summed E-state index contributed by atoms with van der Waals surface area (Å²) in [6, 6.07) is 13.9. The summed E-state index contributed by atoms with van der Waals surface area (Å²) >= 11 is 0. The van der Waals surface area contributed by atoms with Gasteiger partial charge in [0, 0.05) is 30.9 Å². The molecule has 0 aliphatic carbocycles. The van der Waals surface area contributed by atoms with Gasteiger partial charge in [0.15, 0.2) is 0 Å². The second-order valence-corrected chi connectivity index (χ2v) is 6.63. The minimum atomic E-state index is -0.371. The molecular weight excluding hydrogens is 369 g/mol. The average Bonchev–Trinajstić information content (AvgIpc) is 3.24. The van der Waals surface area contributed by atoms with Crippen LogP contribution in [-0.2, 0) is 0 Å². The topological polar surface area (TPSA) is 67.9 Å². The first-order valence-corrected chi connectivity index (χ1v) is 8.90. The molecule has 0 radical (unpaired) electrons. The van der Waals surface area contributed by atoms with Crippen molar-refractivity contribution in [3.8, 4) is 34.3 Å². The number of halogens is 1. The lowest BCUT2D eigenvalue weighted by Crippen LogP contribution is -2.08. The molecule has 144 valence electrons. The molecule has 6 nitrogen and oxygen atoms in total. The van der Waals surface area contributed by atoms with E-state index in [0.717, 1.165) is 16.8 Å². The lowest BCUT2D eigenvalue weighted by molar-refractivity contribution is 0.579. The average molecular weight is 387 g/mol. The van der Waals surface area contributed by atoms with E-state index in [1.807, 2.05) is 43.3 Å². The second kappa shape index (κ2) is 7.63. The summed E-state index contributed by atoms with van der Waals surface area (Å²) in [5.74, 6) is 0.0684. The molecule has 7 heteroatoms. The van der Waals surface area contributed by atoms with E-state index in [4.69, 9.17) is 4.42 Å². The van der Waals surface area contributed by atoms with Crippen LogP contribution in [0, 0.1) is 5.82 Å². The fourth-order valence-electron chi connectivity index (χ4n) is 2.76. The van der Waals surface area contributed by atoms with Gasteiger partial charge in [-0.2, -0.15) is 0 Å². The Labute approximate surface area is 167 Å². The number of rotatable bonds is 5. The Morgan fingerprint density at radius 1 is 0.931 bits per heavy atom. The summed E-state index contributed by atoms with van der Waals surface area (Å²) in [6.45, 7) is 4.06. The van der Waals surface area contributed by atoms with Gasteiger partial charge >= 0.3 is 0 Å². The highest BCUT2D eigenvalue weighted by molar-refractivity contribution is 5.67. The maximum Gasteiger partial charge on any atom is 0.268 e. The molecule has 0 aliphatic heterocycles. The molecule has 0 amide bonds. The van der Waals surface area contributed by atoms with Crippen molar-refractivity contribution >= 4 is 5.70 Å². The van der Waals surface area contributed by atoms with Crippen molar-refractivity contribution in [1.29, 1.82) is 0 Å². The number of hydrogen-bond acceptors (Lipinski definition) is 6. The molecule has 4 rings (SSSR count). The smallest absolute Gasteiger partial charge is 0.268 e. The van der Waals surface area contributed by atoms with Crippen LogP contribution in [0.4, 0.5) is 4.39 Å². The van der Waals surface area contributed by atoms with Crippen LogP contribution in [0.5, 0.6) is 0 Å². The highest BCUT2D eigenvalue weighted by Crippen LogP contribution is 2.25. The monoisotopic (exact) mass is 387 g/mol. The van der Waals surface area contributed by atoms with Gasteiger partial charge in [0.25, 0.3) is 5.89 Å². The highest BCUT2D eigenvalue weighted by Gasteiger charge is 2.14. The van der Waals surface area contributed by atoms with Gasteiger partial charge in [-0.3, -0.25) is 4.98 Å². The predicted octanol–water partition coefficient (Wildman–Crippen LogP) is 4.53. The molecule has 0 unspecified atom stereocenters. The Bertz CT molecular complexity index is 1170. The van der Waals surface area contributed by atoms with Crippen molar-refractivity contribution in [3.05, 3.63) is 78.9 Å². The highest BCUT2D eigenvalue weighted by atomic mass is 19.1. The predicted molar refractivity (Wildman–Crippen MR) is 109 cm³/mol. The molecule has 2 heterocycles. The Morgan fingerprint density at radius 2 is 1.66 bits per heavy atom. The number of nitrogens with zero attached hydrogens (tertiary/aromatic N) is 5. The third-order valence-electron chi connectivity index (χ3n) is 4.40. The van der Waals surface area contributed by atoms with Crippen LogP contribution in [0.2, 0.25) is 0 Å². The zero-order chi connectivity index (χ0) is 20.4. The van der Waals surface area contributed by atoms with E-state index in [-0.39, 0.29) is 17.6 Å². The Balaban J connectivity index is 1.62. The van der Waals surface area contributed by atoms with Crippen LogP contribution in [0.15, 0.2) is 71.9 Å². The summed E-state index contributed by atoms with van der Waals surface area (Å²) in [6.07, 6.45) is 3.22. The molecule has 29 heavy (non-hydrogen) atoms. The third-order valence-corrected chi connectivity index (χ3v) is 4.40. The lowest BCUT2D eigenvalue weighted by Gasteiger charge is -2.15. The van der Waals surface area contributed by atoms with Crippen molar-refractivity contribution in [3.63, 3.8) is 0 Å². The summed E-state index contributed by atoms with van der Waals surface area (Å²) in [7, 11) is 3.90. The summed E-state index contributed by atoms with van der Waals surface area (Å²) in [5, 5.41) is 8.01. The SMILES string of the molecule is C=C(c1ccc(-c2cncc(-c3nnc(-c4cccc(F)c4)o3)n2)cc1)N(C)C. The normalized spacial score (nSPS) is 10.7. The third kappa shape index (κ3) is 3.89. The Morgan fingerprint density at radius 3 is 2.38 bits per heavy atom.